The maximum Gasteiger partial charge on any atom is 0.222 e. The van der Waals surface area contributed by atoms with E-state index in [0.717, 1.165) is 19.4 Å². The summed E-state index contributed by atoms with van der Waals surface area (Å²) in [6, 6.07) is 5.19. The van der Waals surface area contributed by atoms with Gasteiger partial charge in [0.25, 0.3) is 0 Å². The van der Waals surface area contributed by atoms with Crippen molar-refractivity contribution in [3.05, 3.63) is 28.2 Å². The van der Waals surface area contributed by atoms with Crippen molar-refractivity contribution in [1.82, 2.24) is 4.90 Å². The Morgan fingerprint density at radius 1 is 1.38 bits per heavy atom. The smallest absolute Gasteiger partial charge is 0.222 e. The topological polar surface area (TPSA) is 55.6 Å². The molecule has 0 radical (unpaired) electrons. The molecule has 1 fully saturated rings. The lowest BCUT2D eigenvalue weighted by molar-refractivity contribution is -0.130. The largest absolute Gasteiger partial charge is 0.488 e. The molecule has 0 spiro atoms. The normalized spacial score (nSPS) is 17.5. The fourth-order valence-electron chi connectivity index (χ4n) is 2.20. The highest BCUT2D eigenvalue weighted by molar-refractivity contribution is 6.42. The lowest BCUT2D eigenvalue weighted by Crippen LogP contribution is -2.31. The summed E-state index contributed by atoms with van der Waals surface area (Å²) in [5, 5.41) is 0.974. The van der Waals surface area contributed by atoms with E-state index in [0.29, 0.717) is 35.3 Å². The summed E-state index contributed by atoms with van der Waals surface area (Å²) in [4.78, 5) is 13.7. The van der Waals surface area contributed by atoms with Crippen LogP contribution >= 0.6 is 35.6 Å². The van der Waals surface area contributed by atoms with Crippen molar-refractivity contribution < 1.29 is 9.53 Å². The molecule has 118 valence electrons. The molecule has 2 N–H and O–H groups in total. The molecule has 1 aromatic rings. The second-order valence-corrected chi connectivity index (χ2v) is 5.65. The van der Waals surface area contributed by atoms with E-state index in [1.807, 2.05) is 4.90 Å². The highest BCUT2D eigenvalue weighted by atomic mass is 35.5. The molecule has 7 heteroatoms. The van der Waals surface area contributed by atoms with Gasteiger partial charge in [-0.2, -0.15) is 0 Å². The van der Waals surface area contributed by atoms with Gasteiger partial charge >= 0.3 is 0 Å². The first-order valence-corrected chi connectivity index (χ1v) is 7.45. The molecular formula is C14H19Cl3N2O2. The molecule has 1 saturated heterocycles. The Bertz CT molecular complexity index is 485. The summed E-state index contributed by atoms with van der Waals surface area (Å²) < 4.78 is 5.83. The summed E-state index contributed by atoms with van der Waals surface area (Å²) in [6.07, 6.45) is 2.08. The molecule has 0 aromatic heterocycles. The summed E-state index contributed by atoms with van der Waals surface area (Å²) in [5.74, 6) is 0.830. The zero-order valence-electron chi connectivity index (χ0n) is 11.6. The molecule has 1 heterocycles. The molecule has 0 bridgehead atoms. The molecule has 1 aliphatic heterocycles. The number of carbonyl (C=O) groups is 1. The minimum absolute atomic E-state index is 0. The zero-order chi connectivity index (χ0) is 14.5. The standard InChI is InChI=1S/C14H18Cl2N2O2.ClH/c15-12-4-3-10(8-13(12)16)20-11-5-7-18(9-11)14(19)2-1-6-17;/h3-4,8,11H,1-2,5-7,9,17H2;1H. The Morgan fingerprint density at radius 3 is 2.81 bits per heavy atom. The van der Waals surface area contributed by atoms with Gasteiger partial charge in [0.15, 0.2) is 0 Å². The Kier molecular flexibility index (Phi) is 7.60. The highest BCUT2D eigenvalue weighted by Gasteiger charge is 2.27. The summed E-state index contributed by atoms with van der Waals surface area (Å²) >= 11 is 11.8. The van der Waals surface area contributed by atoms with Gasteiger partial charge in [-0.15, -0.1) is 12.4 Å². The highest BCUT2D eigenvalue weighted by Crippen LogP contribution is 2.28. The Balaban J connectivity index is 0.00000220. The van der Waals surface area contributed by atoms with E-state index in [-0.39, 0.29) is 24.4 Å². The average Bonchev–Trinajstić information content (AvgIpc) is 2.89. The maximum atomic E-state index is 11.9. The SMILES string of the molecule is Cl.NCCCC(=O)N1CCC(Oc2ccc(Cl)c(Cl)c2)C1. The number of hydrogen-bond acceptors (Lipinski definition) is 3. The van der Waals surface area contributed by atoms with Crippen LogP contribution in [0.25, 0.3) is 0 Å². The zero-order valence-corrected chi connectivity index (χ0v) is 13.9. The molecule has 1 atom stereocenters. The van der Waals surface area contributed by atoms with Gasteiger partial charge in [0, 0.05) is 25.5 Å². The van der Waals surface area contributed by atoms with E-state index in [4.69, 9.17) is 33.7 Å². The van der Waals surface area contributed by atoms with Crippen molar-refractivity contribution in [3.8, 4) is 5.75 Å². The van der Waals surface area contributed by atoms with Crippen molar-refractivity contribution in [2.24, 2.45) is 5.73 Å². The van der Waals surface area contributed by atoms with Gasteiger partial charge in [-0.25, -0.2) is 0 Å². The Hall–Kier alpha value is -0.680. The summed E-state index contributed by atoms with van der Waals surface area (Å²) in [5.41, 5.74) is 5.41. The molecule has 1 amide bonds. The summed E-state index contributed by atoms with van der Waals surface area (Å²) in [6.45, 7) is 1.89. The number of likely N-dealkylation sites (tertiary alicyclic amines) is 1. The van der Waals surface area contributed by atoms with Crippen molar-refractivity contribution in [3.63, 3.8) is 0 Å². The van der Waals surface area contributed by atoms with Crippen LogP contribution in [0, 0.1) is 0 Å². The lowest BCUT2D eigenvalue weighted by Gasteiger charge is -2.17. The van der Waals surface area contributed by atoms with Crippen LogP contribution in [0.5, 0.6) is 5.75 Å². The minimum atomic E-state index is 0. The molecule has 0 aliphatic carbocycles. The number of rotatable bonds is 5. The van der Waals surface area contributed by atoms with Crippen molar-refractivity contribution in [2.45, 2.75) is 25.4 Å². The Morgan fingerprint density at radius 2 is 2.14 bits per heavy atom. The van der Waals surface area contributed by atoms with E-state index < -0.39 is 0 Å². The molecule has 1 aromatic carbocycles. The van der Waals surface area contributed by atoms with E-state index in [2.05, 4.69) is 0 Å². The first-order chi connectivity index (χ1) is 9.60. The monoisotopic (exact) mass is 352 g/mol. The van der Waals surface area contributed by atoms with E-state index in [1.54, 1.807) is 18.2 Å². The van der Waals surface area contributed by atoms with Gasteiger partial charge in [-0.3, -0.25) is 4.79 Å². The molecule has 1 aliphatic rings. The van der Waals surface area contributed by atoms with Crippen molar-refractivity contribution in [1.29, 1.82) is 0 Å². The van der Waals surface area contributed by atoms with Crippen LogP contribution in [0.3, 0.4) is 0 Å². The number of carbonyl (C=O) groups excluding carboxylic acids is 1. The quantitative estimate of drug-likeness (QED) is 0.885. The fourth-order valence-corrected chi connectivity index (χ4v) is 2.49. The second kappa shape index (κ2) is 8.69. The maximum absolute atomic E-state index is 11.9. The van der Waals surface area contributed by atoms with Gasteiger partial charge in [0.1, 0.15) is 11.9 Å². The van der Waals surface area contributed by atoms with Crippen LogP contribution in [-0.4, -0.2) is 36.5 Å². The number of halogens is 3. The predicted octanol–water partition coefficient (Wildman–Crippen LogP) is 3.13. The lowest BCUT2D eigenvalue weighted by atomic mass is 10.3. The molecule has 4 nitrogen and oxygen atoms in total. The van der Waals surface area contributed by atoms with Gasteiger partial charge in [-0.1, -0.05) is 23.2 Å². The van der Waals surface area contributed by atoms with E-state index >= 15 is 0 Å². The van der Waals surface area contributed by atoms with Crippen LogP contribution in [-0.2, 0) is 4.79 Å². The predicted molar refractivity (Wildman–Crippen MR) is 87.6 cm³/mol. The number of hydrogen-bond donors (Lipinski definition) is 1. The van der Waals surface area contributed by atoms with Crippen molar-refractivity contribution >= 4 is 41.5 Å². The third kappa shape index (κ3) is 5.22. The number of nitrogens with zero attached hydrogens (tertiary/aromatic N) is 1. The van der Waals surface area contributed by atoms with Gasteiger partial charge in [-0.05, 0) is 25.1 Å². The van der Waals surface area contributed by atoms with Crippen LogP contribution in [0.4, 0.5) is 0 Å². The number of amides is 1. The van der Waals surface area contributed by atoms with Gasteiger partial charge < -0.3 is 15.4 Å². The first-order valence-electron chi connectivity index (χ1n) is 6.69. The van der Waals surface area contributed by atoms with Crippen LogP contribution in [0.2, 0.25) is 10.0 Å². The van der Waals surface area contributed by atoms with Crippen molar-refractivity contribution in [2.75, 3.05) is 19.6 Å². The number of benzene rings is 1. The minimum Gasteiger partial charge on any atom is -0.488 e. The second-order valence-electron chi connectivity index (χ2n) is 4.84. The third-order valence-electron chi connectivity index (χ3n) is 3.29. The number of nitrogens with two attached hydrogens (primary N) is 1. The van der Waals surface area contributed by atoms with E-state index in [1.165, 1.54) is 0 Å². The third-order valence-corrected chi connectivity index (χ3v) is 4.03. The fraction of sp³-hybridized carbons (Fsp3) is 0.500. The molecular weight excluding hydrogens is 335 g/mol. The summed E-state index contributed by atoms with van der Waals surface area (Å²) in [7, 11) is 0. The molecule has 1 unspecified atom stereocenters. The Labute approximate surface area is 140 Å². The molecule has 21 heavy (non-hydrogen) atoms. The van der Waals surface area contributed by atoms with Gasteiger partial charge in [0.2, 0.25) is 5.91 Å². The van der Waals surface area contributed by atoms with Crippen LogP contribution in [0.15, 0.2) is 18.2 Å². The molecule has 2 rings (SSSR count). The average molecular weight is 354 g/mol. The van der Waals surface area contributed by atoms with E-state index in [9.17, 15) is 4.79 Å². The van der Waals surface area contributed by atoms with Crippen LogP contribution < -0.4 is 10.5 Å². The van der Waals surface area contributed by atoms with Crippen LogP contribution in [0.1, 0.15) is 19.3 Å². The van der Waals surface area contributed by atoms with Gasteiger partial charge in [0.05, 0.1) is 16.6 Å². The first kappa shape index (κ1) is 18.4. The molecule has 0 saturated carbocycles. The number of ether oxygens (including phenoxy) is 1.